The van der Waals surface area contributed by atoms with E-state index in [1.54, 1.807) is 29.8 Å². The SMILES string of the molecule is CC1=C(c2cnc(NC(=O)c3ccccc3F)cn2)CN(c2nccs2)CC1. The van der Waals surface area contributed by atoms with Crippen molar-refractivity contribution >= 4 is 33.8 Å². The van der Waals surface area contributed by atoms with Crippen LogP contribution in [-0.4, -0.2) is 33.9 Å². The van der Waals surface area contributed by atoms with Gasteiger partial charge < -0.3 is 10.2 Å². The van der Waals surface area contributed by atoms with Crippen molar-refractivity contribution in [3.8, 4) is 0 Å². The number of nitrogens with one attached hydrogen (secondary N) is 1. The van der Waals surface area contributed by atoms with Gasteiger partial charge in [-0.2, -0.15) is 0 Å². The number of hydrogen-bond acceptors (Lipinski definition) is 6. The van der Waals surface area contributed by atoms with E-state index in [0.29, 0.717) is 0 Å². The summed E-state index contributed by atoms with van der Waals surface area (Å²) in [4.78, 5) is 27.6. The predicted molar refractivity (Wildman–Crippen MR) is 108 cm³/mol. The van der Waals surface area contributed by atoms with E-state index in [2.05, 4.69) is 32.1 Å². The van der Waals surface area contributed by atoms with Crippen molar-refractivity contribution < 1.29 is 9.18 Å². The summed E-state index contributed by atoms with van der Waals surface area (Å²) in [7, 11) is 0. The van der Waals surface area contributed by atoms with Crippen LogP contribution in [0.1, 0.15) is 29.4 Å². The molecule has 0 fully saturated rings. The van der Waals surface area contributed by atoms with E-state index in [4.69, 9.17) is 0 Å². The second-order valence-corrected chi connectivity index (χ2v) is 7.34. The molecule has 0 saturated heterocycles. The molecule has 1 N–H and O–H groups in total. The quantitative estimate of drug-likeness (QED) is 0.723. The first-order chi connectivity index (χ1) is 13.6. The van der Waals surface area contributed by atoms with E-state index < -0.39 is 11.7 Å². The lowest BCUT2D eigenvalue weighted by Gasteiger charge is -2.29. The summed E-state index contributed by atoms with van der Waals surface area (Å²) in [6.07, 6.45) is 5.87. The highest BCUT2D eigenvalue weighted by molar-refractivity contribution is 7.13. The van der Waals surface area contributed by atoms with Crippen molar-refractivity contribution in [2.75, 3.05) is 23.3 Å². The Morgan fingerprint density at radius 2 is 2.07 bits per heavy atom. The summed E-state index contributed by atoms with van der Waals surface area (Å²) in [6, 6.07) is 5.82. The van der Waals surface area contributed by atoms with Crippen molar-refractivity contribution in [2.24, 2.45) is 0 Å². The fourth-order valence-corrected chi connectivity index (χ4v) is 3.74. The van der Waals surface area contributed by atoms with Crippen LogP contribution >= 0.6 is 11.3 Å². The molecule has 142 valence electrons. The normalized spacial score (nSPS) is 14.3. The van der Waals surface area contributed by atoms with E-state index in [1.165, 1.54) is 30.0 Å². The zero-order valence-corrected chi connectivity index (χ0v) is 16.0. The van der Waals surface area contributed by atoms with Crippen molar-refractivity contribution in [3.63, 3.8) is 0 Å². The van der Waals surface area contributed by atoms with Crippen molar-refractivity contribution in [2.45, 2.75) is 13.3 Å². The van der Waals surface area contributed by atoms with E-state index in [1.807, 2.05) is 5.38 Å². The minimum atomic E-state index is -0.574. The lowest BCUT2D eigenvalue weighted by atomic mass is 9.99. The number of aromatic nitrogens is 3. The zero-order chi connectivity index (χ0) is 19.5. The Balaban J connectivity index is 1.50. The molecule has 0 radical (unpaired) electrons. The smallest absolute Gasteiger partial charge is 0.259 e. The summed E-state index contributed by atoms with van der Waals surface area (Å²) in [5, 5.41) is 5.54. The molecule has 8 heteroatoms. The number of carbonyl (C=O) groups excluding carboxylic acids is 1. The van der Waals surface area contributed by atoms with Gasteiger partial charge in [0, 0.05) is 24.7 Å². The minimum absolute atomic E-state index is 0.0294. The fraction of sp³-hybridized carbons (Fsp3) is 0.200. The highest BCUT2D eigenvalue weighted by Gasteiger charge is 2.21. The van der Waals surface area contributed by atoms with Crippen LogP contribution < -0.4 is 10.2 Å². The third kappa shape index (κ3) is 3.77. The number of anilines is 2. The molecule has 3 aromatic rings. The summed E-state index contributed by atoms with van der Waals surface area (Å²) in [5.41, 5.74) is 3.12. The lowest BCUT2D eigenvalue weighted by Crippen LogP contribution is -2.31. The van der Waals surface area contributed by atoms with Gasteiger partial charge in [-0.25, -0.2) is 14.4 Å². The van der Waals surface area contributed by atoms with E-state index >= 15 is 0 Å². The van der Waals surface area contributed by atoms with Gasteiger partial charge in [-0.3, -0.25) is 9.78 Å². The first-order valence-corrected chi connectivity index (χ1v) is 9.71. The lowest BCUT2D eigenvalue weighted by molar-refractivity contribution is 0.102. The summed E-state index contributed by atoms with van der Waals surface area (Å²) >= 11 is 1.61. The number of rotatable bonds is 4. The molecule has 1 aliphatic rings. The Labute approximate surface area is 165 Å². The van der Waals surface area contributed by atoms with Gasteiger partial charge in [-0.05, 0) is 31.1 Å². The maximum atomic E-state index is 13.7. The highest BCUT2D eigenvalue weighted by Crippen LogP contribution is 2.29. The summed E-state index contributed by atoms with van der Waals surface area (Å²) < 4.78 is 13.7. The average Bonchev–Trinajstić information content (AvgIpc) is 3.24. The molecule has 0 saturated carbocycles. The number of hydrogen-bond donors (Lipinski definition) is 1. The van der Waals surface area contributed by atoms with E-state index in [0.717, 1.165) is 35.9 Å². The highest BCUT2D eigenvalue weighted by atomic mass is 32.1. The third-order valence-corrected chi connectivity index (χ3v) is 5.46. The molecular weight excluding hydrogens is 377 g/mol. The van der Waals surface area contributed by atoms with Crippen LogP contribution in [0, 0.1) is 5.82 Å². The summed E-state index contributed by atoms with van der Waals surface area (Å²) in [6.45, 7) is 3.74. The number of amides is 1. The molecule has 0 spiro atoms. The topological polar surface area (TPSA) is 71.0 Å². The van der Waals surface area contributed by atoms with Gasteiger partial charge in [0.15, 0.2) is 10.9 Å². The molecule has 1 aromatic carbocycles. The molecule has 3 heterocycles. The minimum Gasteiger partial charge on any atom is -0.343 e. The van der Waals surface area contributed by atoms with Gasteiger partial charge in [-0.15, -0.1) is 11.3 Å². The van der Waals surface area contributed by atoms with Crippen molar-refractivity contribution in [3.05, 3.63) is 70.9 Å². The van der Waals surface area contributed by atoms with E-state index in [9.17, 15) is 9.18 Å². The number of halogens is 1. The molecule has 1 aliphatic heterocycles. The number of thiazole rings is 1. The first-order valence-electron chi connectivity index (χ1n) is 8.83. The van der Waals surface area contributed by atoms with Crippen LogP contribution in [0.5, 0.6) is 0 Å². The molecule has 1 amide bonds. The van der Waals surface area contributed by atoms with Crippen LogP contribution in [0.15, 0.2) is 53.8 Å². The zero-order valence-electron chi connectivity index (χ0n) is 15.2. The van der Waals surface area contributed by atoms with Gasteiger partial charge in [0.25, 0.3) is 5.91 Å². The average molecular weight is 395 g/mol. The van der Waals surface area contributed by atoms with Crippen LogP contribution in [-0.2, 0) is 0 Å². The Bertz CT molecular complexity index is 1020. The molecule has 0 atom stereocenters. The molecule has 4 rings (SSSR count). The maximum Gasteiger partial charge on any atom is 0.259 e. The second kappa shape index (κ2) is 7.85. The van der Waals surface area contributed by atoms with Crippen molar-refractivity contribution in [1.82, 2.24) is 15.0 Å². The molecule has 6 nitrogen and oxygen atoms in total. The van der Waals surface area contributed by atoms with Crippen LogP contribution in [0.2, 0.25) is 0 Å². The van der Waals surface area contributed by atoms with Gasteiger partial charge >= 0.3 is 0 Å². The Hall–Kier alpha value is -3.13. The van der Waals surface area contributed by atoms with Crippen LogP contribution in [0.3, 0.4) is 0 Å². The largest absolute Gasteiger partial charge is 0.343 e. The summed E-state index contributed by atoms with van der Waals surface area (Å²) in [5.74, 6) is -0.846. The van der Waals surface area contributed by atoms with Crippen molar-refractivity contribution in [1.29, 1.82) is 0 Å². The molecule has 28 heavy (non-hydrogen) atoms. The Morgan fingerprint density at radius 3 is 2.79 bits per heavy atom. The number of nitrogens with zero attached hydrogens (tertiary/aromatic N) is 4. The van der Waals surface area contributed by atoms with Gasteiger partial charge in [0.2, 0.25) is 0 Å². The predicted octanol–water partition coefficient (Wildman–Crippen LogP) is 4.01. The Kier molecular flexibility index (Phi) is 5.12. The molecule has 0 aliphatic carbocycles. The van der Waals surface area contributed by atoms with Crippen LogP contribution in [0.4, 0.5) is 15.3 Å². The van der Waals surface area contributed by atoms with Gasteiger partial charge in [0.05, 0.1) is 23.7 Å². The first kappa shape index (κ1) is 18.2. The number of carbonyl (C=O) groups is 1. The van der Waals surface area contributed by atoms with Crippen LogP contribution in [0.25, 0.3) is 5.57 Å². The number of benzene rings is 1. The van der Waals surface area contributed by atoms with Gasteiger partial charge in [0.1, 0.15) is 5.82 Å². The molecular formula is C20H18FN5OS. The van der Waals surface area contributed by atoms with E-state index in [-0.39, 0.29) is 11.4 Å². The molecule has 0 bridgehead atoms. The molecule has 2 aromatic heterocycles. The standard InChI is InChI=1S/C20H18FN5OS/c1-13-6-8-26(20-22-7-9-28-20)12-15(13)17-10-24-18(11-23-17)25-19(27)14-4-2-3-5-16(14)21/h2-5,7,9-11H,6,8,12H2,1H3,(H,24,25,27). The third-order valence-electron chi connectivity index (χ3n) is 4.63. The maximum absolute atomic E-state index is 13.7. The molecule has 0 unspecified atom stereocenters. The Morgan fingerprint density at radius 1 is 1.21 bits per heavy atom. The fourth-order valence-electron chi connectivity index (χ4n) is 3.07. The second-order valence-electron chi connectivity index (χ2n) is 6.47. The monoisotopic (exact) mass is 395 g/mol. The van der Waals surface area contributed by atoms with Gasteiger partial charge in [-0.1, -0.05) is 17.7 Å².